The maximum Gasteiger partial charge on any atom is 0.329 e. The molecular weight excluding hydrogens is 272 g/mol. The van der Waals surface area contributed by atoms with E-state index >= 15 is 0 Å². The Labute approximate surface area is 114 Å². The Kier molecular flexibility index (Phi) is 6.44. The Bertz CT molecular complexity index is 430. The average molecular weight is 294 g/mol. The molecule has 0 saturated heterocycles. The summed E-state index contributed by atoms with van der Waals surface area (Å²) in [6, 6.07) is -0.835. The normalized spacial score (nSPS) is 13.7. The summed E-state index contributed by atoms with van der Waals surface area (Å²) in [5, 5.41) is 5.29. The van der Waals surface area contributed by atoms with E-state index in [-0.39, 0.29) is 19.0 Å². The number of esters is 1. The van der Waals surface area contributed by atoms with Gasteiger partial charge in [-0.3, -0.25) is 4.79 Å². The van der Waals surface area contributed by atoms with Gasteiger partial charge >= 0.3 is 5.97 Å². The van der Waals surface area contributed by atoms with Crippen LogP contribution in [0, 0.1) is 0 Å². The van der Waals surface area contributed by atoms with E-state index in [1.807, 2.05) is 0 Å². The number of sulfone groups is 1. The van der Waals surface area contributed by atoms with Crippen LogP contribution in [0.2, 0.25) is 0 Å². The van der Waals surface area contributed by atoms with Crippen molar-refractivity contribution in [3.63, 3.8) is 0 Å². The number of hydrogen-bond donors (Lipinski definition) is 2. The molecule has 0 radical (unpaired) electrons. The van der Waals surface area contributed by atoms with Crippen molar-refractivity contribution >= 4 is 21.7 Å². The molecule has 0 spiro atoms. The Morgan fingerprint density at radius 3 is 2.21 bits per heavy atom. The molecule has 2 N–H and O–H groups in total. The lowest BCUT2D eigenvalue weighted by Gasteiger charge is -2.24. The molecule has 0 aliphatic rings. The van der Waals surface area contributed by atoms with Crippen LogP contribution in [-0.2, 0) is 24.2 Å². The van der Waals surface area contributed by atoms with Gasteiger partial charge in [0, 0.05) is 26.3 Å². The molecule has 1 amide bonds. The van der Waals surface area contributed by atoms with Crippen LogP contribution in [-0.4, -0.2) is 57.5 Å². The largest absolute Gasteiger partial charge is 0.467 e. The molecule has 7 nitrogen and oxygen atoms in total. The van der Waals surface area contributed by atoms with Crippen LogP contribution < -0.4 is 10.6 Å². The van der Waals surface area contributed by atoms with Crippen LogP contribution in [0.15, 0.2) is 0 Å². The molecule has 0 aromatic carbocycles. The minimum Gasteiger partial charge on any atom is -0.467 e. The molecule has 0 bridgehead atoms. The summed E-state index contributed by atoms with van der Waals surface area (Å²) in [6.07, 6.45) is 1.15. The third-order valence-electron chi connectivity index (χ3n) is 2.77. The van der Waals surface area contributed by atoms with Crippen LogP contribution in [0.5, 0.6) is 0 Å². The summed E-state index contributed by atoms with van der Waals surface area (Å²) in [7, 11) is -2.00. The molecule has 0 aromatic rings. The van der Waals surface area contributed by atoms with E-state index in [0.717, 1.165) is 6.26 Å². The first-order valence-corrected chi connectivity index (χ1v) is 7.65. The van der Waals surface area contributed by atoms with Crippen LogP contribution >= 0.6 is 0 Å². The van der Waals surface area contributed by atoms with Gasteiger partial charge in [-0.25, -0.2) is 13.2 Å². The number of ether oxygens (including phenoxy) is 1. The first-order chi connectivity index (χ1) is 8.51. The van der Waals surface area contributed by atoms with Gasteiger partial charge in [-0.2, -0.15) is 0 Å². The minimum atomic E-state index is -3.22. The molecule has 0 fully saturated rings. The zero-order valence-corrected chi connectivity index (χ0v) is 12.8. The van der Waals surface area contributed by atoms with Crippen molar-refractivity contribution in [2.75, 3.05) is 26.5 Å². The number of nitrogens with one attached hydrogen (secondary N) is 2. The standard InChI is InChI=1S/C11H22N2O5S/c1-8(14)13-9(10(15)18-4)6-12-7-11(2,3)19(5,16)17/h9,12H,6-7H2,1-5H3,(H,13,14). The predicted octanol–water partition coefficient (Wildman–Crippen LogP) is -0.923. The number of carbonyl (C=O) groups is 2. The lowest BCUT2D eigenvalue weighted by Crippen LogP contribution is -2.50. The summed E-state index contributed by atoms with van der Waals surface area (Å²) in [4.78, 5) is 22.4. The van der Waals surface area contributed by atoms with Gasteiger partial charge in [0.15, 0.2) is 9.84 Å². The maximum atomic E-state index is 11.5. The highest BCUT2D eigenvalue weighted by Gasteiger charge is 2.30. The van der Waals surface area contributed by atoms with Gasteiger partial charge in [0.05, 0.1) is 11.9 Å². The topological polar surface area (TPSA) is 102 Å². The predicted molar refractivity (Wildman–Crippen MR) is 71.4 cm³/mol. The fraction of sp³-hybridized carbons (Fsp3) is 0.818. The van der Waals surface area contributed by atoms with Gasteiger partial charge in [0.2, 0.25) is 5.91 Å². The molecule has 0 rings (SSSR count). The molecule has 8 heteroatoms. The van der Waals surface area contributed by atoms with Crippen molar-refractivity contribution in [2.24, 2.45) is 0 Å². The number of carbonyl (C=O) groups excluding carboxylic acids is 2. The van der Waals surface area contributed by atoms with Crippen molar-refractivity contribution in [1.82, 2.24) is 10.6 Å². The highest BCUT2D eigenvalue weighted by atomic mass is 32.2. The van der Waals surface area contributed by atoms with Crippen molar-refractivity contribution in [3.05, 3.63) is 0 Å². The van der Waals surface area contributed by atoms with Crippen LogP contribution in [0.1, 0.15) is 20.8 Å². The summed E-state index contributed by atoms with van der Waals surface area (Å²) >= 11 is 0. The Morgan fingerprint density at radius 2 is 1.84 bits per heavy atom. The Morgan fingerprint density at radius 1 is 1.32 bits per heavy atom. The van der Waals surface area contributed by atoms with Gasteiger partial charge < -0.3 is 15.4 Å². The monoisotopic (exact) mass is 294 g/mol. The number of rotatable bonds is 7. The number of hydrogen-bond acceptors (Lipinski definition) is 6. The van der Waals surface area contributed by atoms with E-state index in [1.165, 1.54) is 14.0 Å². The smallest absolute Gasteiger partial charge is 0.329 e. The third kappa shape index (κ3) is 6.02. The van der Waals surface area contributed by atoms with E-state index in [1.54, 1.807) is 13.8 Å². The summed E-state index contributed by atoms with van der Waals surface area (Å²) in [5.74, 6) is -0.945. The average Bonchev–Trinajstić information content (AvgIpc) is 2.24. The maximum absolute atomic E-state index is 11.5. The van der Waals surface area contributed by atoms with Crippen LogP contribution in [0.4, 0.5) is 0 Å². The zero-order valence-electron chi connectivity index (χ0n) is 11.9. The SMILES string of the molecule is COC(=O)C(CNCC(C)(C)S(C)(=O)=O)NC(C)=O. The van der Waals surface area contributed by atoms with Gasteiger partial charge in [-0.15, -0.1) is 0 Å². The van der Waals surface area contributed by atoms with Gasteiger partial charge in [-0.1, -0.05) is 0 Å². The van der Waals surface area contributed by atoms with E-state index in [0.29, 0.717) is 0 Å². The number of methoxy groups -OCH3 is 1. The quantitative estimate of drug-likeness (QED) is 0.589. The molecule has 0 saturated carbocycles. The van der Waals surface area contributed by atoms with Crippen LogP contribution in [0.3, 0.4) is 0 Å². The van der Waals surface area contributed by atoms with E-state index < -0.39 is 26.6 Å². The van der Waals surface area contributed by atoms with E-state index in [4.69, 9.17) is 0 Å². The zero-order chi connectivity index (χ0) is 15.3. The highest BCUT2D eigenvalue weighted by molar-refractivity contribution is 7.92. The molecule has 112 valence electrons. The van der Waals surface area contributed by atoms with E-state index in [2.05, 4.69) is 15.4 Å². The fourth-order valence-electron chi connectivity index (χ4n) is 1.23. The molecular formula is C11H22N2O5S. The lowest BCUT2D eigenvalue weighted by atomic mass is 10.2. The lowest BCUT2D eigenvalue weighted by molar-refractivity contribution is -0.144. The second kappa shape index (κ2) is 6.85. The molecule has 0 heterocycles. The summed E-state index contributed by atoms with van der Waals surface area (Å²) in [5.41, 5.74) is 0. The van der Waals surface area contributed by atoms with Crippen molar-refractivity contribution in [2.45, 2.75) is 31.6 Å². The Hall–Kier alpha value is -1.15. The molecule has 0 aliphatic heterocycles. The van der Waals surface area contributed by atoms with Crippen LogP contribution in [0.25, 0.3) is 0 Å². The third-order valence-corrected chi connectivity index (χ3v) is 4.92. The number of amides is 1. The Balaban J connectivity index is 4.50. The molecule has 1 atom stereocenters. The highest BCUT2D eigenvalue weighted by Crippen LogP contribution is 2.13. The van der Waals surface area contributed by atoms with Crippen molar-refractivity contribution in [1.29, 1.82) is 0 Å². The minimum absolute atomic E-state index is 0.102. The van der Waals surface area contributed by atoms with Crippen molar-refractivity contribution < 1.29 is 22.7 Å². The first-order valence-electron chi connectivity index (χ1n) is 5.76. The van der Waals surface area contributed by atoms with E-state index in [9.17, 15) is 18.0 Å². The summed E-state index contributed by atoms with van der Waals surface area (Å²) in [6.45, 7) is 4.72. The second-order valence-electron chi connectivity index (χ2n) is 4.94. The molecule has 0 aromatic heterocycles. The second-order valence-corrected chi connectivity index (χ2v) is 7.59. The molecule has 19 heavy (non-hydrogen) atoms. The van der Waals surface area contributed by atoms with Gasteiger partial charge in [0.1, 0.15) is 6.04 Å². The van der Waals surface area contributed by atoms with Gasteiger partial charge in [-0.05, 0) is 13.8 Å². The van der Waals surface area contributed by atoms with Gasteiger partial charge in [0.25, 0.3) is 0 Å². The van der Waals surface area contributed by atoms with Crippen molar-refractivity contribution in [3.8, 4) is 0 Å². The molecule has 0 aliphatic carbocycles. The first kappa shape index (κ1) is 17.8. The molecule has 1 unspecified atom stereocenters. The fourth-order valence-corrected chi connectivity index (χ4v) is 1.59. The summed E-state index contributed by atoms with van der Waals surface area (Å²) < 4.78 is 26.6.